The Morgan fingerprint density at radius 3 is 2.25 bits per heavy atom. The van der Waals surface area contributed by atoms with E-state index in [0.717, 1.165) is 25.9 Å². The van der Waals surface area contributed by atoms with Gasteiger partial charge in [-0.05, 0) is 46.7 Å². The number of nitrogens with zero attached hydrogens (tertiary/aromatic N) is 2. The van der Waals surface area contributed by atoms with E-state index >= 15 is 0 Å². The molecule has 0 radical (unpaired) electrons. The lowest BCUT2D eigenvalue weighted by Crippen LogP contribution is -2.51. The Labute approximate surface area is 99.1 Å². The molecule has 16 heavy (non-hydrogen) atoms. The van der Waals surface area contributed by atoms with Crippen LogP contribution in [0.25, 0.3) is 0 Å². The van der Waals surface area contributed by atoms with Crippen molar-refractivity contribution in [3.63, 3.8) is 0 Å². The van der Waals surface area contributed by atoms with Gasteiger partial charge in [0.25, 0.3) is 0 Å². The van der Waals surface area contributed by atoms with Crippen LogP contribution in [0.15, 0.2) is 12.7 Å². The third kappa shape index (κ3) is 3.08. The molecule has 1 rings (SSSR count). The maximum Gasteiger partial charge on any atom is 0.245 e. The average molecular weight is 224 g/mol. The summed E-state index contributed by atoms with van der Waals surface area (Å²) in [5, 5.41) is 0. The molecular weight excluding hydrogens is 200 g/mol. The molecule has 0 saturated carbocycles. The van der Waals surface area contributed by atoms with E-state index in [1.54, 1.807) is 0 Å². The molecule has 1 saturated heterocycles. The van der Waals surface area contributed by atoms with Gasteiger partial charge < -0.3 is 4.90 Å². The van der Waals surface area contributed by atoms with Crippen molar-refractivity contribution in [2.24, 2.45) is 0 Å². The number of likely N-dealkylation sites (tertiary alicyclic amines) is 1. The van der Waals surface area contributed by atoms with Crippen LogP contribution in [0.3, 0.4) is 0 Å². The van der Waals surface area contributed by atoms with E-state index in [-0.39, 0.29) is 11.4 Å². The Bertz CT molecular complexity index is 260. The van der Waals surface area contributed by atoms with Crippen molar-refractivity contribution in [1.82, 2.24) is 9.80 Å². The summed E-state index contributed by atoms with van der Waals surface area (Å²) in [5.41, 5.74) is 0.204. The van der Waals surface area contributed by atoms with E-state index in [9.17, 15) is 4.79 Å². The van der Waals surface area contributed by atoms with Crippen LogP contribution in [0.1, 0.15) is 33.6 Å². The largest absolute Gasteiger partial charge is 0.339 e. The van der Waals surface area contributed by atoms with Gasteiger partial charge in [-0.1, -0.05) is 6.58 Å². The first-order chi connectivity index (χ1) is 7.36. The number of carbonyl (C=O) groups is 1. The predicted octanol–water partition coefficient (Wildman–Crippen LogP) is 1.89. The molecule has 92 valence electrons. The summed E-state index contributed by atoms with van der Waals surface area (Å²) >= 11 is 0. The summed E-state index contributed by atoms with van der Waals surface area (Å²) in [7, 11) is 2.18. The van der Waals surface area contributed by atoms with Gasteiger partial charge >= 0.3 is 0 Å². The molecule has 1 aliphatic heterocycles. The highest BCUT2D eigenvalue weighted by Gasteiger charge is 2.29. The Morgan fingerprint density at radius 1 is 1.38 bits per heavy atom. The van der Waals surface area contributed by atoms with E-state index in [0.29, 0.717) is 6.04 Å². The summed E-state index contributed by atoms with van der Waals surface area (Å²) in [6.07, 6.45) is 3.54. The van der Waals surface area contributed by atoms with Crippen LogP contribution in [0, 0.1) is 0 Å². The maximum absolute atomic E-state index is 11.4. The van der Waals surface area contributed by atoms with Crippen LogP contribution in [0.4, 0.5) is 0 Å². The summed E-state index contributed by atoms with van der Waals surface area (Å²) < 4.78 is 0. The number of carbonyl (C=O) groups excluding carboxylic acids is 1. The quantitative estimate of drug-likeness (QED) is 0.669. The molecule has 0 aromatic rings. The molecule has 1 aliphatic rings. The molecule has 0 bridgehead atoms. The van der Waals surface area contributed by atoms with Crippen LogP contribution in [-0.4, -0.2) is 47.4 Å². The third-order valence-corrected chi connectivity index (χ3v) is 3.56. The lowest BCUT2D eigenvalue weighted by molar-refractivity contribution is -0.127. The molecular formula is C13H24N2O. The van der Waals surface area contributed by atoms with Gasteiger partial charge in [0.15, 0.2) is 0 Å². The fourth-order valence-electron chi connectivity index (χ4n) is 2.15. The first kappa shape index (κ1) is 13.2. The number of rotatable bonds is 2. The van der Waals surface area contributed by atoms with Crippen molar-refractivity contribution in [2.45, 2.75) is 45.2 Å². The molecule has 0 aromatic carbocycles. The molecule has 1 heterocycles. The fraction of sp³-hybridized carbons (Fsp3) is 0.769. The highest BCUT2D eigenvalue weighted by molar-refractivity contribution is 5.87. The number of amides is 1. The van der Waals surface area contributed by atoms with Crippen molar-refractivity contribution in [3.05, 3.63) is 12.7 Å². The first-order valence-electron chi connectivity index (χ1n) is 6.00. The van der Waals surface area contributed by atoms with E-state index in [2.05, 4.69) is 39.3 Å². The molecule has 0 unspecified atom stereocenters. The van der Waals surface area contributed by atoms with Crippen molar-refractivity contribution in [1.29, 1.82) is 0 Å². The number of hydrogen-bond donors (Lipinski definition) is 0. The van der Waals surface area contributed by atoms with Gasteiger partial charge in [0.05, 0.1) is 0 Å². The number of piperidine rings is 1. The lowest BCUT2D eigenvalue weighted by atomic mass is 9.97. The van der Waals surface area contributed by atoms with Crippen LogP contribution < -0.4 is 0 Å². The zero-order valence-electron chi connectivity index (χ0n) is 11.0. The predicted molar refractivity (Wildman–Crippen MR) is 67.3 cm³/mol. The second-order valence-electron chi connectivity index (χ2n) is 5.54. The van der Waals surface area contributed by atoms with E-state index < -0.39 is 0 Å². The Balaban J connectivity index is 2.49. The van der Waals surface area contributed by atoms with Gasteiger partial charge in [0, 0.05) is 24.7 Å². The minimum Gasteiger partial charge on any atom is -0.339 e. The SMILES string of the molecule is C=CC(=O)N1CCC(N(C)C(C)(C)C)CC1. The maximum atomic E-state index is 11.4. The second-order valence-corrected chi connectivity index (χ2v) is 5.54. The van der Waals surface area contributed by atoms with Crippen LogP contribution in [0.2, 0.25) is 0 Å². The zero-order valence-corrected chi connectivity index (χ0v) is 11.0. The summed E-state index contributed by atoms with van der Waals surface area (Å²) in [4.78, 5) is 15.7. The molecule has 0 atom stereocenters. The smallest absolute Gasteiger partial charge is 0.245 e. The van der Waals surface area contributed by atoms with Crippen molar-refractivity contribution in [2.75, 3.05) is 20.1 Å². The van der Waals surface area contributed by atoms with Crippen molar-refractivity contribution >= 4 is 5.91 Å². The molecule has 0 N–H and O–H groups in total. The van der Waals surface area contributed by atoms with E-state index in [1.807, 2.05) is 4.90 Å². The molecule has 0 aliphatic carbocycles. The zero-order chi connectivity index (χ0) is 12.3. The first-order valence-corrected chi connectivity index (χ1v) is 6.00. The van der Waals surface area contributed by atoms with Gasteiger partial charge in [-0.2, -0.15) is 0 Å². The molecule has 3 heteroatoms. The van der Waals surface area contributed by atoms with Gasteiger partial charge in [-0.3, -0.25) is 9.69 Å². The average Bonchev–Trinajstić information content (AvgIpc) is 2.26. The molecule has 1 amide bonds. The normalized spacial score (nSPS) is 18.9. The summed E-state index contributed by atoms with van der Waals surface area (Å²) in [6, 6.07) is 0.592. The van der Waals surface area contributed by atoms with Gasteiger partial charge in [-0.15, -0.1) is 0 Å². The lowest BCUT2D eigenvalue weighted by Gasteiger charge is -2.42. The topological polar surface area (TPSA) is 23.6 Å². The van der Waals surface area contributed by atoms with Crippen LogP contribution in [-0.2, 0) is 4.79 Å². The van der Waals surface area contributed by atoms with Crippen molar-refractivity contribution in [3.8, 4) is 0 Å². The highest BCUT2D eigenvalue weighted by atomic mass is 16.2. The summed E-state index contributed by atoms with van der Waals surface area (Å²) in [5.74, 6) is 0.0665. The minimum absolute atomic E-state index is 0.0665. The fourth-order valence-corrected chi connectivity index (χ4v) is 2.15. The van der Waals surface area contributed by atoms with E-state index in [4.69, 9.17) is 0 Å². The van der Waals surface area contributed by atoms with Gasteiger partial charge in [0.1, 0.15) is 0 Å². The second kappa shape index (κ2) is 5.00. The Morgan fingerprint density at radius 2 is 1.88 bits per heavy atom. The van der Waals surface area contributed by atoms with Crippen LogP contribution >= 0.6 is 0 Å². The summed E-state index contributed by atoms with van der Waals surface area (Å²) in [6.45, 7) is 11.9. The standard InChI is InChI=1S/C13H24N2O/c1-6-12(16)15-9-7-11(8-10-15)14(5)13(2,3)4/h6,11H,1,7-10H2,2-5H3. The Kier molecular flexibility index (Phi) is 4.14. The van der Waals surface area contributed by atoms with E-state index in [1.165, 1.54) is 6.08 Å². The molecule has 1 fully saturated rings. The van der Waals surface area contributed by atoms with Crippen LogP contribution in [0.5, 0.6) is 0 Å². The molecule has 0 spiro atoms. The molecule has 0 aromatic heterocycles. The highest BCUT2D eigenvalue weighted by Crippen LogP contribution is 2.22. The van der Waals surface area contributed by atoms with Gasteiger partial charge in [0.2, 0.25) is 5.91 Å². The number of hydrogen-bond acceptors (Lipinski definition) is 2. The monoisotopic (exact) mass is 224 g/mol. The minimum atomic E-state index is 0.0665. The van der Waals surface area contributed by atoms with Gasteiger partial charge in [-0.25, -0.2) is 0 Å². The Hall–Kier alpha value is -0.830. The third-order valence-electron chi connectivity index (χ3n) is 3.56. The van der Waals surface area contributed by atoms with Crippen molar-refractivity contribution < 1.29 is 4.79 Å². The molecule has 3 nitrogen and oxygen atoms in total.